The van der Waals surface area contributed by atoms with Crippen LogP contribution in [-0.2, 0) is 5.60 Å². The molecule has 0 bridgehead atoms. The van der Waals surface area contributed by atoms with E-state index in [-0.39, 0.29) is 0 Å². The molecule has 0 saturated heterocycles. The van der Waals surface area contributed by atoms with Crippen molar-refractivity contribution in [1.29, 1.82) is 0 Å². The molecule has 112 valence electrons. The van der Waals surface area contributed by atoms with Gasteiger partial charge in [-0.3, -0.25) is 0 Å². The molecule has 0 saturated carbocycles. The molecule has 2 aromatic carbocycles. The highest BCUT2D eigenvalue weighted by atomic mass is 16.3. The first-order valence-electron chi connectivity index (χ1n) is 7.73. The summed E-state index contributed by atoms with van der Waals surface area (Å²) in [6, 6.07) is 18.4. The minimum absolute atomic E-state index is 0.705. The second-order valence-electron chi connectivity index (χ2n) is 5.69. The lowest BCUT2D eigenvalue weighted by molar-refractivity contribution is 0.0486. The molecule has 2 rings (SSSR count). The normalized spacial score (nSPS) is 13.9. The SMILES string of the molecule is CCCNCCC(C)(O)c1ccccc1-c1ccccc1. The lowest BCUT2D eigenvalue weighted by Crippen LogP contribution is -2.28. The van der Waals surface area contributed by atoms with Crippen molar-refractivity contribution in [3.63, 3.8) is 0 Å². The summed E-state index contributed by atoms with van der Waals surface area (Å²) in [6.45, 7) is 5.87. The highest BCUT2D eigenvalue weighted by Gasteiger charge is 2.25. The van der Waals surface area contributed by atoms with Crippen molar-refractivity contribution >= 4 is 0 Å². The van der Waals surface area contributed by atoms with E-state index in [0.717, 1.165) is 36.2 Å². The van der Waals surface area contributed by atoms with Crippen molar-refractivity contribution in [1.82, 2.24) is 5.32 Å². The number of aliphatic hydroxyl groups is 1. The van der Waals surface area contributed by atoms with E-state index in [1.807, 2.05) is 43.3 Å². The molecular weight excluding hydrogens is 258 g/mol. The van der Waals surface area contributed by atoms with Gasteiger partial charge in [-0.1, -0.05) is 61.5 Å². The summed E-state index contributed by atoms with van der Waals surface area (Å²) in [5.74, 6) is 0. The van der Waals surface area contributed by atoms with Gasteiger partial charge in [0.2, 0.25) is 0 Å². The van der Waals surface area contributed by atoms with Gasteiger partial charge in [-0.15, -0.1) is 0 Å². The van der Waals surface area contributed by atoms with Crippen LogP contribution in [-0.4, -0.2) is 18.2 Å². The van der Waals surface area contributed by atoms with Crippen LogP contribution in [0.2, 0.25) is 0 Å². The summed E-state index contributed by atoms with van der Waals surface area (Å²) in [7, 11) is 0. The first kappa shape index (κ1) is 15.7. The van der Waals surface area contributed by atoms with Gasteiger partial charge in [0.15, 0.2) is 0 Å². The van der Waals surface area contributed by atoms with Crippen molar-refractivity contribution in [2.45, 2.75) is 32.3 Å². The zero-order chi connectivity index (χ0) is 15.1. The van der Waals surface area contributed by atoms with Crippen LogP contribution < -0.4 is 5.32 Å². The smallest absolute Gasteiger partial charge is 0.0886 e. The van der Waals surface area contributed by atoms with Crippen LogP contribution >= 0.6 is 0 Å². The van der Waals surface area contributed by atoms with Gasteiger partial charge in [-0.2, -0.15) is 0 Å². The number of benzene rings is 2. The number of hydrogen-bond donors (Lipinski definition) is 2. The summed E-state index contributed by atoms with van der Waals surface area (Å²) < 4.78 is 0. The summed E-state index contributed by atoms with van der Waals surface area (Å²) >= 11 is 0. The number of hydrogen-bond acceptors (Lipinski definition) is 2. The van der Waals surface area contributed by atoms with Crippen LogP contribution in [0.4, 0.5) is 0 Å². The van der Waals surface area contributed by atoms with E-state index in [0.29, 0.717) is 6.42 Å². The Morgan fingerprint density at radius 1 is 0.952 bits per heavy atom. The van der Waals surface area contributed by atoms with Gasteiger partial charge in [-0.05, 0) is 49.5 Å². The van der Waals surface area contributed by atoms with Gasteiger partial charge < -0.3 is 10.4 Å². The molecule has 2 N–H and O–H groups in total. The van der Waals surface area contributed by atoms with E-state index in [1.165, 1.54) is 0 Å². The van der Waals surface area contributed by atoms with Gasteiger partial charge in [-0.25, -0.2) is 0 Å². The Hall–Kier alpha value is -1.64. The van der Waals surface area contributed by atoms with Crippen LogP contribution in [0.25, 0.3) is 11.1 Å². The van der Waals surface area contributed by atoms with Gasteiger partial charge in [0.05, 0.1) is 5.60 Å². The van der Waals surface area contributed by atoms with E-state index in [4.69, 9.17) is 0 Å². The molecular formula is C19H25NO. The molecule has 1 atom stereocenters. The average Bonchev–Trinajstić information content (AvgIpc) is 2.52. The molecule has 0 fully saturated rings. The Labute approximate surface area is 127 Å². The number of nitrogens with one attached hydrogen (secondary N) is 1. The fourth-order valence-corrected chi connectivity index (χ4v) is 2.59. The lowest BCUT2D eigenvalue weighted by atomic mass is 9.86. The molecule has 0 radical (unpaired) electrons. The van der Waals surface area contributed by atoms with Gasteiger partial charge in [0.1, 0.15) is 0 Å². The van der Waals surface area contributed by atoms with Crippen LogP contribution in [0.3, 0.4) is 0 Å². The molecule has 2 nitrogen and oxygen atoms in total. The minimum Gasteiger partial charge on any atom is -0.385 e. The van der Waals surface area contributed by atoms with Crippen LogP contribution in [0.5, 0.6) is 0 Å². The zero-order valence-corrected chi connectivity index (χ0v) is 13.0. The standard InChI is InChI=1S/C19H25NO/c1-3-14-20-15-13-19(2,21)18-12-8-7-11-17(18)16-9-5-4-6-10-16/h4-12,20-21H,3,13-15H2,1-2H3. The van der Waals surface area contributed by atoms with Crippen molar-refractivity contribution in [3.05, 3.63) is 60.2 Å². The summed E-state index contributed by atoms with van der Waals surface area (Å²) in [6.07, 6.45) is 1.82. The van der Waals surface area contributed by atoms with E-state index >= 15 is 0 Å². The molecule has 0 aliphatic heterocycles. The number of rotatable bonds is 7. The molecule has 0 aliphatic rings. The third kappa shape index (κ3) is 4.16. The lowest BCUT2D eigenvalue weighted by Gasteiger charge is -2.27. The maximum absolute atomic E-state index is 10.9. The van der Waals surface area contributed by atoms with Crippen LogP contribution in [0.1, 0.15) is 32.3 Å². The van der Waals surface area contributed by atoms with E-state index in [9.17, 15) is 5.11 Å². The highest BCUT2D eigenvalue weighted by molar-refractivity contribution is 5.68. The maximum atomic E-state index is 10.9. The fraction of sp³-hybridized carbons (Fsp3) is 0.368. The Morgan fingerprint density at radius 3 is 2.33 bits per heavy atom. The predicted molar refractivity (Wildman–Crippen MR) is 89.2 cm³/mol. The Morgan fingerprint density at radius 2 is 1.62 bits per heavy atom. The molecule has 0 aromatic heterocycles. The summed E-state index contributed by atoms with van der Waals surface area (Å²) in [4.78, 5) is 0. The first-order valence-corrected chi connectivity index (χ1v) is 7.73. The molecule has 0 spiro atoms. The largest absolute Gasteiger partial charge is 0.385 e. The summed E-state index contributed by atoms with van der Waals surface area (Å²) in [5, 5.41) is 14.2. The molecule has 1 unspecified atom stereocenters. The van der Waals surface area contributed by atoms with E-state index in [1.54, 1.807) is 0 Å². The van der Waals surface area contributed by atoms with E-state index in [2.05, 4.69) is 30.4 Å². The second kappa shape index (κ2) is 7.39. The highest BCUT2D eigenvalue weighted by Crippen LogP contribution is 2.33. The van der Waals surface area contributed by atoms with Gasteiger partial charge in [0.25, 0.3) is 0 Å². The molecule has 2 heteroatoms. The Bertz CT molecular complexity index is 549. The topological polar surface area (TPSA) is 32.3 Å². The molecule has 0 heterocycles. The molecule has 2 aromatic rings. The third-order valence-electron chi connectivity index (χ3n) is 3.81. The first-order chi connectivity index (χ1) is 10.1. The summed E-state index contributed by atoms with van der Waals surface area (Å²) in [5.41, 5.74) is 2.43. The van der Waals surface area contributed by atoms with Crippen molar-refractivity contribution in [3.8, 4) is 11.1 Å². The second-order valence-corrected chi connectivity index (χ2v) is 5.69. The quantitative estimate of drug-likeness (QED) is 0.754. The molecule has 21 heavy (non-hydrogen) atoms. The van der Waals surface area contributed by atoms with Gasteiger partial charge in [0, 0.05) is 0 Å². The van der Waals surface area contributed by atoms with Crippen molar-refractivity contribution in [2.75, 3.05) is 13.1 Å². The fourth-order valence-electron chi connectivity index (χ4n) is 2.59. The van der Waals surface area contributed by atoms with Crippen molar-refractivity contribution in [2.24, 2.45) is 0 Å². The predicted octanol–water partition coefficient (Wildman–Crippen LogP) is 3.95. The van der Waals surface area contributed by atoms with Crippen LogP contribution in [0, 0.1) is 0 Å². The Kier molecular flexibility index (Phi) is 5.54. The van der Waals surface area contributed by atoms with E-state index < -0.39 is 5.60 Å². The molecule has 0 aliphatic carbocycles. The maximum Gasteiger partial charge on any atom is 0.0886 e. The van der Waals surface area contributed by atoms with Crippen molar-refractivity contribution < 1.29 is 5.11 Å². The monoisotopic (exact) mass is 283 g/mol. The molecule has 0 amide bonds. The van der Waals surface area contributed by atoms with Gasteiger partial charge >= 0.3 is 0 Å². The zero-order valence-electron chi connectivity index (χ0n) is 13.0. The average molecular weight is 283 g/mol. The minimum atomic E-state index is -0.826. The van der Waals surface area contributed by atoms with Crippen LogP contribution in [0.15, 0.2) is 54.6 Å². The Balaban J connectivity index is 2.23. The third-order valence-corrected chi connectivity index (χ3v) is 3.81.